The number of hydrogen-bond acceptors (Lipinski definition) is 6. The van der Waals surface area contributed by atoms with Crippen molar-refractivity contribution in [3.63, 3.8) is 0 Å². The molecule has 8 nitrogen and oxygen atoms in total. The number of halogens is 3. The van der Waals surface area contributed by atoms with E-state index in [0.717, 1.165) is 22.2 Å². The lowest BCUT2D eigenvalue weighted by atomic mass is 9.99. The van der Waals surface area contributed by atoms with Crippen molar-refractivity contribution in [1.29, 1.82) is 5.26 Å². The number of ether oxygens (including phenoxy) is 2. The molecule has 1 atom stereocenters. The Morgan fingerprint density at radius 1 is 1.26 bits per heavy atom. The van der Waals surface area contributed by atoms with Gasteiger partial charge in [0.1, 0.15) is 42.1 Å². The third-order valence-corrected chi connectivity index (χ3v) is 6.54. The smallest absolute Gasteiger partial charge is 0.345 e. The summed E-state index contributed by atoms with van der Waals surface area (Å²) in [7, 11) is 1.78. The van der Waals surface area contributed by atoms with Gasteiger partial charge in [0.25, 0.3) is 0 Å². The van der Waals surface area contributed by atoms with Gasteiger partial charge in [-0.15, -0.1) is 0 Å². The first-order valence-corrected chi connectivity index (χ1v) is 12.4. The van der Waals surface area contributed by atoms with Crippen molar-refractivity contribution in [2.24, 2.45) is 7.05 Å². The maximum absolute atomic E-state index is 12.3. The number of imidazole rings is 1. The highest BCUT2D eigenvalue weighted by molar-refractivity contribution is 6.31. The van der Waals surface area contributed by atoms with Crippen LogP contribution in [-0.2, 0) is 23.2 Å². The molecular weight excluding hydrogens is 528 g/mol. The van der Waals surface area contributed by atoms with Crippen molar-refractivity contribution in [2.75, 3.05) is 6.61 Å². The molecule has 0 fully saturated rings. The van der Waals surface area contributed by atoms with E-state index >= 15 is 0 Å². The lowest BCUT2D eigenvalue weighted by Crippen LogP contribution is -2.31. The Hall–Kier alpha value is -4.07. The summed E-state index contributed by atoms with van der Waals surface area (Å²) < 4.78 is 36.7. The summed E-state index contributed by atoms with van der Waals surface area (Å²) in [5.41, 5.74) is 4.79. The molecule has 1 N–H and O–H groups in total. The van der Waals surface area contributed by atoms with Gasteiger partial charge in [-0.3, -0.25) is 4.79 Å². The van der Waals surface area contributed by atoms with Gasteiger partial charge in [0.05, 0.1) is 12.2 Å². The van der Waals surface area contributed by atoms with Gasteiger partial charge in [0.2, 0.25) is 5.91 Å². The highest BCUT2D eigenvalue weighted by atomic mass is 35.5. The lowest BCUT2D eigenvalue weighted by molar-refractivity contribution is -0.152. The average Bonchev–Trinajstić information content (AvgIpc) is 3.26. The maximum atomic E-state index is 12.3. The van der Waals surface area contributed by atoms with E-state index in [2.05, 4.69) is 21.1 Å². The molecule has 2 aromatic carbocycles. The zero-order valence-corrected chi connectivity index (χ0v) is 22.5. The minimum Gasteiger partial charge on any atom is -0.487 e. The molecule has 0 aliphatic heterocycles. The Morgan fingerprint density at radius 2 is 2.03 bits per heavy atom. The van der Waals surface area contributed by atoms with E-state index in [1.807, 2.05) is 38.1 Å². The van der Waals surface area contributed by atoms with Crippen LogP contribution < -0.4 is 10.1 Å². The maximum Gasteiger partial charge on any atom is 0.345 e. The fourth-order valence-electron chi connectivity index (χ4n) is 4.40. The molecule has 0 saturated heterocycles. The summed E-state index contributed by atoms with van der Waals surface area (Å²) in [5.74, 6) is 0.461. The normalized spacial score (nSPS) is 12.0. The van der Waals surface area contributed by atoms with E-state index < -0.39 is 25.2 Å². The molecular formula is C28H26ClF2N5O3. The van der Waals surface area contributed by atoms with Crippen molar-refractivity contribution in [3.8, 4) is 23.2 Å². The topological polar surface area (TPSA) is 102 Å². The molecule has 2 aromatic heterocycles. The standard InChI is InChI=1S/C28H26ClF2N5O3/c1-15-8-20(17(3)35-25(37)14-39-28(30)31)22(23(29)9-15)13-38-24-7-5-6-19-21(10-16(2)34-26(19)24)27-33-12-18(11-32)36(27)4/h5-10,12,17,28H,13-14H2,1-4H3,(H,35,37)/t17-/m0/s1. The fourth-order valence-corrected chi connectivity index (χ4v) is 4.74. The molecule has 202 valence electrons. The highest BCUT2D eigenvalue weighted by Gasteiger charge is 2.20. The Labute approximate surface area is 229 Å². The number of carbonyl (C=O) groups is 1. The molecule has 4 aromatic rings. The van der Waals surface area contributed by atoms with Crippen LogP contribution in [0.5, 0.6) is 5.75 Å². The first-order chi connectivity index (χ1) is 18.6. The fraction of sp³-hybridized carbons (Fsp3) is 0.286. The van der Waals surface area contributed by atoms with Crippen LogP contribution in [0, 0.1) is 25.2 Å². The number of aryl methyl sites for hydroxylation is 2. The van der Waals surface area contributed by atoms with Crippen LogP contribution in [0.4, 0.5) is 8.78 Å². The number of para-hydroxylation sites is 1. The summed E-state index contributed by atoms with van der Waals surface area (Å²) in [6, 6.07) is 12.7. The summed E-state index contributed by atoms with van der Waals surface area (Å²) in [4.78, 5) is 21.2. The minimum absolute atomic E-state index is 0.0627. The predicted octanol–water partition coefficient (Wildman–Crippen LogP) is 5.77. The number of nitrogens with zero attached hydrogens (tertiary/aromatic N) is 4. The van der Waals surface area contributed by atoms with Crippen LogP contribution >= 0.6 is 11.6 Å². The Balaban J connectivity index is 1.66. The van der Waals surface area contributed by atoms with Gasteiger partial charge in [-0.25, -0.2) is 9.97 Å². The molecule has 0 spiro atoms. The van der Waals surface area contributed by atoms with Crippen LogP contribution in [0.1, 0.15) is 41.0 Å². The van der Waals surface area contributed by atoms with E-state index in [1.54, 1.807) is 30.7 Å². The zero-order chi connectivity index (χ0) is 28.3. The summed E-state index contributed by atoms with van der Waals surface area (Å²) in [6.45, 7) is 1.73. The Bertz CT molecular complexity index is 1580. The number of nitriles is 1. The van der Waals surface area contributed by atoms with Gasteiger partial charge in [-0.05, 0) is 50.1 Å². The Morgan fingerprint density at radius 3 is 2.72 bits per heavy atom. The first kappa shape index (κ1) is 28.0. The second-order valence-corrected chi connectivity index (χ2v) is 9.47. The average molecular weight is 554 g/mol. The van der Waals surface area contributed by atoms with E-state index in [4.69, 9.17) is 21.3 Å². The summed E-state index contributed by atoms with van der Waals surface area (Å²) >= 11 is 6.60. The van der Waals surface area contributed by atoms with Crippen molar-refractivity contribution in [3.05, 3.63) is 75.7 Å². The quantitative estimate of drug-likeness (QED) is 0.282. The monoisotopic (exact) mass is 553 g/mol. The van der Waals surface area contributed by atoms with E-state index in [9.17, 15) is 18.8 Å². The van der Waals surface area contributed by atoms with Crippen LogP contribution in [0.3, 0.4) is 0 Å². The second-order valence-electron chi connectivity index (χ2n) is 9.07. The molecule has 0 radical (unpaired) electrons. The SMILES string of the molecule is Cc1cc(Cl)c(COc2cccc3c(-c4ncc(C#N)n4C)cc(C)nc23)c([C@H](C)NC(=O)COC(F)F)c1. The third kappa shape index (κ3) is 6.16. The van der Waals surface area contributed by atoms with Gasteiger partial charge >= 0.3 is 6.61 Å². The second kappa shape index (κ2) is 11.8. The van der Waals surface area contributed by atoms with Crippen molar-refractivity contribution in [2.45, 2.75) is 40.0 Å². The molecule has 39 heavy (non-hydrogen) atoms. The number of hydrogen-bond donors (Lipinski definition) is 1. The molecule has 0 saturated carbocycles. The number of pyridine rings is 1. The third-order valence-electron chi connectivity index (χ3n) is 6.20. The van der Waals surface area contributed by atoms with Crippen LogP contribution in [0.25, 0.3) is 22.3 Å². The number of alkyl halides is 2. The minimum atomic E-state index is -3.03. The van der Waals surface area contributed by atoms with Gasteiger partial charge < -0.3 is 19.4 Å². The van der Waals surface area contributed by atoms with E-state index in [-0.39, 0.29) is 6.61 Å². The van der Waals surface area contributed by atoms with E-state index in [1.165, 1.54) is 6.20 Å². The highest BCUT2D eigenvalue weighted by Crippen LogP contribution is 2.34. The van der Waals surface area contributed by atoms with Gasteiger partial charge in [0, 0.05) is 34.3 Å². The lowest BCUT2D eigenvalue weighted by Gasteiger charge is -2.21. The van der Waals surface area contributed by atoms with Crippen molar-refractivity contribution >= 4 is 28.4 Å². The molecule has 0 aliphatic rings. The number of rotatable bonds is 9. The van der Waals surface area contributed by atoms with Crippen LogP contribution in [-0.4, -0.2) is 33.7 Å². The first-order valence-electron chi connectivity index (χ1n) is 12.0. The van der Waals surface area contributed by atoms with Gasteiger partial charge in [-0.1, -0.05) is 29.8 Å². The molecule has 1 amide bonds. The summed E-state index contributed by atoms with van der Waals surface area (Å²) in [5, 5.41) is 13.3. The molecule has 0 aliphatic carbocycles. The number of benzene rings is 2. The van der Waals surface area contributed by atoms with E-state index in [0.29, 0.717) is 38.9 Å². The van der Waals surface area contributed by atoms with Crippen LogP contribution in [0.2, 0.25) is 5.02 Å². The zero-order valence-electron chi connectivity index (χ0n) is 21.8. The molecule has 0 unspecified atom stereocenters. The van der Waals surface area contributed by atoms with Gasteiger partial charge in [0.15, 0.2) is 0 Å². The molecule has 11 heteroatoms. The van der Waals surface area contributed by atoms with Crippen LogP contribution in [0.15, 0.2) is 42.6 Å². The molecule has 2 heterocycles. The molecule has 0 bridgehead atoms. The summed E-state index contributed by atoms with van der Waals surface area (Å²) in [6.07, 6.45) is 1.53. The molecule has 4 rings (SSSR count). The number of amides is 1. The Kier molecular flexibility index (Phi) is 8.43. The number of carbonyl (C=O) groups excluding carboxylic acids is 1. The van der Waals surface area contributed by atoms with Crippen molar-refractivity contribution in [1.82, 2.24) is 19.9 Å². The van der Waals surface area contributed by atoms with Gasteiger partial charge in [-0.2, -0.15) is 14.0 Å². The largest absolute Gasteiger partial charge is 0.487 e. The predicted molar refractivity (Wildman–Crippen MR) is 142 cm³/mol. The van der Waals surface area contributed by atoms with Crippen molar-refractivity contribution < 1.29 is 23.0 Å². The number of fused-ring (bicyclic) bond motifs is 1. The number of nitrogens with one attached hydrogen (secondary N) is 1. The number of aromatic nitrogens is 3.